The number of aliphatic hydroxyl groups excluding tert-OH is 10. The van der Waals surface area contributed by atoms with E-state index in [1.165, 1.54) is 6.92 Å². The lowest BCUT2D eigenvalue weighted by atomic mass is 9.96. The van der Waals surface area contributed by atoms with Gasteiger partial charge in [-0.25, -0.2) is 0 Å². The van der Waals surface area contributed by atoms with Gasteiger partial charge in [0.05, 0.1) is 25.9 Å². The quantitative estimate of drug-likeness (QED) is 0.155. The maximum Gasteiger partial charge on any atom is 0.187 e. The highest BCUT2D eigenvalue weighted by molar-refractivity contribution is 4.95. The van der Waals surface area contributed by atoms with Crippen molar-refractivity contribution in [3.05, 3.63) is 0 Å². The maximum absolute atomic E-state index is 10.6. The second-order valence-electron chi connectivity index (χ2n) is 8.69. The third kappa shape index (κ3) is 5.54. The molecule has 0 aromatic rings. The van der Waals surface area contributed by atoms with Crippen LogP contribution in [0.3, 0.4) is 0 Å². The summed E-state index contributed by atoms with van der Waals surface area (Å²) < 4.78 is 26.9. The van der Waals surface area contributed by atoms with Gasteiger partial charge in [0.15, 0.2) is 12.6 Å². The van der Waals surface area contributed by atoms with Crippen LogP contribution in [0.4, 0.5) is 0 Å². The van der Waals surface area contributed by atoms with Gasteiger partial charge in [0.25, 0.3) is 0 Å². The first-order valence-electron chi connectivity index (χ1n) is 10.9. The summed E-state index contributed by atoms with van der Waals surface area (Å²) in [6.07, 6.45) is -22.2. The standard InChI is InChI=1S/C19H34O15/c1-5-9(22)12(25)11(24)8(31-5)4-30-18-16(29)14(27)17(7(3-21)33-18)34-19-15(28)13(26)10(23)6(2-20)32-19/h5-29H,2-4H2,1H3/t5-,6?,7?,8?,9-,10-,11-,12?,13?,14?,15+,16+,17-,18+,19-/m0/s1. The van der Waals surface area contributed by atoms with Crippen LogP contribution in [0.2, 0.25) is 0 Å². The van der Waals surface area contributed by atoms with Crippen LogP contribution in [-0.4, -0.2) is 163 Å². The highest BCUT2D eigenvalue weighted by Gasteiger charge is 2.51. The summed E-state index contributed by atoms with van der Waals surface area (Å²) in [5.74, 6) is 0. The zero-order chi connectivity index (χ0) is 25.3. The van der Waals surface area contributed by atoms with Crippen LogP contribution in [0, 0.1) is 0 Å². The highest BCUT2D eigenvalue weighted by atomic mass is 16.7. The molecule has 0 spiro atoms. The van der Waals surface area contributed by atoms with Crippen molar-refractivity contribution in [1.82, 2.24) is 0 Å². The van der Waals surface area contributed by atoms with Crippen LogP contribution in [0.5, 0.6) is 0 Å². The zero-order valence-electron chi connectivity index (χ0n) is 18.3. The van der Waals surface area contributed by atoms with Crippen LogP contribution < -0.4 is 0 Å². The third-order valence-electron chi connectivity index (χ3n) is 6.34. The van der Waals surface area contributed by atoms with Crippen molar-refractivity contribution in [3.63, 3.8) is 0 Å². The lowest BCUT2D eigenvalue weighted by molar-refractivity contribution is -0.362. The molecule has 15 nitrogen and oxygen atoms in total. The molecule has 3 saturated heterocycles. The largest absolute Gasteiger partial charge is 0.394 e. The van der Waals surface area contributed by atoms with E-state index in [-0.39, 0.29) is 0 Å². The molecule has 15 heteroatoms. The first-order chi connectivity index (χ1) is 16.0. The van der Waals surface area contributed by atoms with Gasteiger partial charge in [0.2, 0.25) is 0 Å². The number of hydrogen-bond acceptors (Lipinski definition) is 15. The monoisotopic (exact) mass is 502 g/mol. The fraction of sp³-hybridized carbons (Fsp3) is 1.00. The summed E-state index contributed by atoms with van der Waals surface area (Å²) in [5.41, 5.74) is 0. The molecule has 0 aliphatic carbocycles. The Kier molecular flexibility index (Phi) is 9.57. The van der Waals surface area contributed by atoms with Gasteiger partial charge in [-0.2, -0.15) is 0 Å². The van der Waals surface area contributed by atoms with Crippen LogP contribution in [0.25, 0.3) is 0 Å². The molecule has 3 aliphatic rings. The molecule has 10 N–H and O–H groups in total. The van der Waals surface area contributed by atoms with E-state index >= 15 is 0 Å². The summed E-state index contributed by atoms with van der Waals surface area (Å²) in [4.78, 5) is 0. The van der Waals surface area contributed by atoms with E-state index in [4.69, 9.17) is 23.7 Å². The van der Waals surface area contributed by atoms with E-state index in [0.29, 0.717) is 0 Å². The Labute approximate surface area is 194 Å². The van der Waals surface area contributed by atoms with Crippen LogP contribution >= 0.6 is 0 Å². The molecule has 3 fully saturated rings. The maximum atomic E-state index is 10.6. The first-order valence-corrected chi connectivity index (χ1v) is 10.9. The molecular formula is C19H34O15. The molecular weight excluding hydrogens is 468 g/mol. The molecule has 3 heterocycles. The minimum Gasteiger partial charge on any atom is -0.394 e. The van der Waals surface area contributed by atoms with Crippen molar-refractivity contribution in [2.24, 2.45) is 0 Å². The summed E-state index contributed by atoms with van der Waals surface area (Å²) in [6, 6.07) is 0. The Morgan fingerprint density at radius 3 is 1.71 bits per heavy atom. The van der Waals surface area contributed by atoms with E-state index < -0.39 is 112 Å². The Hall–Kier alpha value is -0.600. The first kappa shape index (κ1) is 28.0. The van der Waals surface area contributed by atoms with Crippen molar-refractivity contribution in [3.8, 4) is 0 Å². The summed E-state index contributed by atoms with van der Waals surface area (Å²) >= 11 is 0. The van der Waals surface area contributed by atoms with Gasteiger partial charge in [-0.3, -0.25) is 0 Å². The third-order valence-corrected chi connectivity index (χ3v) is 6.34. The van der Waals surface area contributed by atoms with Crippen molar-refractivity contribution < 1.29 is 74.7 Å². The fourth-order valence-corrected chi connectivity index (χ4v) is 4.16. The van der Waals surface area contributed by atoms with Crippen LogP contribution in [-0.2, 0) is 23.7 Å². The van der Waals surface area contributed by atoms with Gasteiger partial charge in [-0.15, -0.1) is 0 Å². The Balaban J connectivity index is 1.63. The predicted octanol–water partition coefficient (Wildman–Crippen LogP) is -6.50. The molecule has 0 aromatic carbocycles. The molecule has 0 amide bonds. The predicted molar refractivity (Wildman–Crippen MR) is 105 cm³/mol. The van der Waals surface area contributed by atoms with Crippen molar-refractivity contribution >= 4 is 0 Å². The average molecular weight is 502 g/mol. The molecule has 0 aromatic heterocycles. The molecule has 15 atom stereocenters. The van der Waals surface area contributed by atoms with E-state index in [2.05, 4.69) is 0 Å². The zero-order valence-corrected chi connectivity index (χ0v) is 18.3. The second-order valence-corrected chi connectivity index (χ2v) is 8.69. The van der Waals surface area contributed by atoms with Gasteiger partial charge in [0.1, 0.15) is 73.2 Å². The van der Waals surface area contributed by atoms with Gasteiger partial charge >= 0.3 is 0 Å². The topological polar surface area (TPSA) is 248 Å². The molecule has 3 rings (SSSR count). The molecule has 0 saturated carbocycles. The van der Waals surface area contributed by atoms with Crippen LogP contribution in [0.1, 0.15) is 6.92 Å². The van der Waals surface area contributed by atoms with Crippen molar-refractivity contribution in [2.75, 3.05) is 19.8 Å². The number of hydrogen-bond donors (Lipinski definition) is 10. The van der Waals surface area contributed by atoms with E-state index in [9.17, 15) is 51.1 Å². The minimum atomic E-state index is -1.79. The Morgan fingerprint density at radius 1 is 0.559 bits per heavy atom. The van der Waals surface area contributed by atoms with E-state index in [1.807, 2.05) is 0 Å². The van der Waals surface area contributed by atoms with Crippen molar-refractivity contribution in [2.45, 2.75) is 98.9 Å². The Bertz CT molecular complexity index is 637. The number of aliphatic hydroxyl groups is 10. The van der Waals surface area contributed by atoms with Gasteiger partial charge in [0, 0.05) is 0 Å². The fourth-order valence-electron chi connectivity index (χ4n) is 4.16. The summed E-state index contributed by atoms with van der Waals surface area (Å²) in [7, 11) is 0. The molecule has 3 aliphatic heterocycles. The highest BCUT2D eigenvalue weighted by Crippen LogP contribution is 2.30. The van der Waals surface area contributed by atoms with Gasteiger partial charge in [-0.1, -0.05) is 0 Å². The minimum absolute atomic E-state index is 0.417. The smallest absolute Gasteiger partial charge is 0.187 e. The molecule has 34 heavy (non-hydrogen) atoms. The van der Waals surface area contributed by atoms with Gasteiger partial charge < -0.3 is 74.7 Å². The van der Waals surface area contributed by atoms with Crippen molar-refractivity contribution in [1.29, 1.82) is 0 Å². The molecule has 0 radical (unpaired) electrons. The molecule has 6 unspecified atom stereocenters. The average Bonchev–Trinajstić information content (AvgIpc) is 2.83. The lowest BCUT2D eigenvalue weighted by Crippen LogP contribution is -2.65. The van der Waals surface area contributed by atoms with Crippen LogP contribution in [0.15, 0.2) is 0 Å². The Morgan fingerprint density at radius 2 is 1.09 bits per heavy atom. The molecule has 200 valence electrons. The van der Waals surface area contributed by atoms with E-state index in [0.717, 1.165) is 0 Å². The second kappa shape index (κ2) is 11.6. The number of rotatable bonds is 7. The van der Waals surface area contributed by atoms with Gasteiger partial charge in [-0.05, 0) is 6.92 Å². The summed E-state index contributed by atoms with van der Waals surface area (Å²) in [6.45, 7) is -0.391. The van der Waals surface area contributed by atoms with E-state index in [1.54, 1.807) is 0 Å². The molecule has 0 bridgehead atoms. The lowest BCUT2D eigenvalue weighted by Gasteiger charge is -2.46. The number of ether oxygens (including phenoxy) is 5. The SMILES string of the molecule is C[C@@H]1OC(CO[C@@H]2OC(CO)[C@H](O[C@@H]3OC(CO)[C@H](O)C(O)[C@H]3O)C(O)[C@H]2O)[C@H](O)C(O)[C@H]1O. The normalized spacial score (nSPS) is 52.5. The summed E-state index contributed by atoms with van der Waals surface area (Å²) in [5, 5.41) is 99.7.